The summed E-state index contributed by atoms with van der Waals surface area (Å²) in [7, 11) is 1.64. The Bertz CT molecular complexity index is 215. The van der Waals surface area contributed by atoms with Crippen molar-refractivity contribution in [3.8, 4) is 0 Å². The summed E-state index contributed by atoms with van der Waals surface area (Å²) in [5, 5.41) is 3.34. The summed E-state index contributed by atoms with van der Waals surface area (Å²) in [6.45, 7) is 1.76. The van der Waals surface area contributed by atoms with Gasteiger partial charge >= 0.3 is 5.76 Å². The van der Waals surface area contributed by atoms with Crippen molar-refractivity contribution in [3.05, 3.63) is 10.6 Å². The van der Waals surface area contributed by atoms with E-state index in [9.17, 15) is 4.79 Å². The molecule has 0 spiro atoms. The van der Waals surface area contributed by atoms with Gasteiger partial charge in [0.2, 0.25) is 7.28 Å². The first-order chi connectivity index (χ1) is 3.83. The van der Waals surface area contributed by atoms with Gasteiger partial charge in [-0.25, -0.2) is 4.79 Å². The Kier molecular flexibility index (Phi) is 1.19. The predicted octanol–water partition coefficient (Wildman–Crippen LogP) is -1.26. The van der Waals surface area contributed by atoms with E-state index in [-0.39, 0.29) is 0 Å². The molecule has 0 bridgehead atoms. The lowest BCUT2D eigenvalue weighted by atomic mass is 9.82. The summed E-state index contributed by atoms with van der Waals surface area (Å²) in [6.07, 6.45) is 0. The van der Waals surface area contributed by atoms with Gasteiger partial charge in [-0.3, -0.25) is 9.51 Å². The SMILES string of the molecule is C[B]c1noc(=O)[nH]1. The minimum Gasteiger partial charge on any atom is -0.297 e. The average Bonchev–Trinajstić information content (AvgIpc) is 2.14. The van der Waals surface area contributed by atoms with E-state index in [1.54, 1.807) is 14.1 Å². The van der Waals surface area contributed by atoms with Gasteiger partial charge in [-0.2, -0.15) is 0 Å². The molecule has 0 saturated carbocycles. The van der Waals surface area contributed by atoms with Gasteiger partial charge in [-0.1, -0.05) is 12.0 Å². The van der Waals surface area contributed by atoms with E-state index in [2.05, 4.69) is 14.7 Å². The fourth-order valence-electron chi connectivity index (χ4n) is 0.366. The Balaban J connectivity index is 3.01. The first-order valence-electron chi connectivity index (χ1n) is 2.18. The second-order valence-corrected chi connectivity index (χ2v) is 1.27. The highest BCUT2D eigenvalue weighted by Gasteiger charge is 1.93. The van der Waals surface area contributed by atoms with Crippen molar-refractivity contribution >= 4 is 13.0 Å². The molecule has 0 aliphatic rings. The number of aromatic nitrogens is 2. The quantitative estimate of drug-likeness (QED) is 0.460. The Morgan fingerprint density at radius 1 is 1.88 bits per heavy atom. The van der Waals surface area contributed by atoms with Crippen LogP contribution in [-0.2, 0) is 0 Å². The van der Waals surface area contributed by atoms with Crippen molar-refractivity contribution in [2.24, 2.45) is 0 Å². The summed E-state index contributed by atoms with van der Waals surface area (Å²) in [5.41, 5.74) is 0.468. The van der Waals surface area contributed by atoms with Gasteiger partial charge in [0.25, 0.3) is 0 Å². The topological polar surface area (TPSA) is 58.9 Å². The fourth-order valence-corrected chi connectivity index (χ4v) is 0.366. The van der Waals surface area contributed by atoms with Crippen LogP contribution in [0.4, 0.5) is 0 Å². The van der Waals surface area contributed by atoms with E-state index in [0.717, 1.165) is 0 Å². The van der Waals surface area contributed by atoms with Crippen LogP contribution in [0.15, 0.2) is 9.32 Å². The Hall–Kier alpha value is -0.995. The number of H-pyrrole nitrogens is 1. The van der Waals surface area contributed by atoms with E-state index >= 15 is 0 Å². The summed E-state index contributed by atoms with van der Waals surface area (Å²) < 4.78 is 4.16. The van der Waals surface area contributed by atoms with Gasteiger partial charge in [-0.05, 0) is 0 Å². The Labute approximate surface area is 46.1 Å². The maximum atomic E-state index is 10.1. The molecular formula is C3H4BN2O2. The third-order valence-corrected chi connectivity index (χ3v) is 0.730. The minimum atomic E-state index is -0.516. The van der Waals surface area contributed by atoms with Crippen molar-refractivity contribution in [2.75, 3.05) is 0 Å². The van der Waals surface area contributed by atoms with Crippen molar-refractivity contribution in [2.45, 2.75) is 6.82 Å². The molecule has 0 amide bonds. The molecule has 8 heavy (non-hydrogen) atoms. The molecule has 5 heteroatoms. The molecule has 0 unspecified atom stereocenters. The number of nitrogens with one attached hydrogen (secondary N) is 1. The molecule has 0 aliphatic carbocycles. The van der Waals surface area contributed by atoms with Crippen LogP contribution < -0.4 is 11.5 Å². The standard InChI is InChI=1S/C3H4BN2O2/c1-4-2-5-3(7)8-6-2/h1H3,(H,5,6,7). The lowest BCUT2D eigenvalue weighted by Gasteiger charge is -1.72. The van der Waals surface area contributed by atoms with Crippen molar-refractivity contribution < 1.29 is 4.52 Å². The second kappa shape index (κ2) is 1.86. The van der Waals surface area contributed by atoms with Crippen LogP contribution in [0.2, 0.25) is 6.82 Å². The zero-order valence-electron chi connectivity index (χ0n) is 4.34. The molecule has 0 aliphatic heterocycles. The number of nitrogens with zero attached hydrogens (tertiary/aromatic N) is 1. The normalized spacial score (nSPS) is 9.12. The van der Waals surface area contributed by atoms with E-state index in [1.807, 2.05) is 0 Å². The first-order valence-corrected chi connectivity index (χ1v) is 2.18. The molecule has 0 fully saturated rings. The Morgan fingerprint density at radius 3 is 2.88 bits per heavy atom. The molecule has 0 atom stereocenters. The maximum absolute atomic E-state index is 10.1. The molecule has 41 valence electrons. The lowest BCUT2D eigenvalue weighted by molar-refractivity contribution is 0.389. The largest absolute Gasteiger partial charge is 0.438 e. The molecule has 1 aromatic heterocycles. The van der Waals surface area contributed by atoms with Crippen LogP contribution >= 0.6 is 0 Å². The minimum absolute atomic E-state index is 0.468. The highest BCUT2D eigenvalue weighted by atomic mass is 16.5. The lowest BCUT2D eigenvalue weighted by Crippen LogP contribution is -2.17. The van der Waals surface area contributed by atoms with Gasteiger partial charge in [0.15, 0.2) is 0 Å². The number of aromatic amines is 1. The molecule has 0 saturated heterocycles. The smallest absolute Gasteiger partial charge is 0.297 e. The molecule has 1 radical (unpaired) electrons. The average molecular weight is 111 g/mol. The van der Waals surface area contributed by atoms with Crippen LogP contribution in [0.3, 0.4) is 0 Å². The van der Waals surface area contributed by atoms with Crippen molar-refractivity contribution in [1.29, 1.82) is 0 Å². The molecule has 1 aromatic rings. The fraction of sp³-hybridized carbons (Fsp3) is 0.333. The number of rotatable bonds is 1. The number of hydrogen-bond donors (Lipinski definition) is 1. The third-order valence-electron chi connectivity index (χ3n) is 0.730. The van der Waals surface area contributed by atoms with Gasteiger partial charge in [0, 0.05) is 0 Å². The summed E-state index contributed by atoms with van der Waals surface area (Å²) in [6, 6.07) is 0. The van der Waals surface area contributed by atoms with E-state index in [4.69, 9.17) is 0 Å². The van der Waals surface area contributed by atoms with Crippen LogP contribution in [0, 0.1) is 0 Å². The van der Waals surface area contributed by atoms with E-state index in [0.29, 0.717) is 5.72 Å². The molecule has 0 aromatic carbocycles. The van der Waals surface area contributed by atoms with E-state index in [1.165, 1.54) is 0 Å². The molecule has 4 nitrogen and oxygen atoms in total. The monoisotopic (exact) mass is 111 g/mol. The second-order valence-electron chi connectivity index (χ2n) is 1.27. The van der Waals surface area contributed by atoms with E-state index < -0.39 is 5.76 Å². The summed E-state index contributed by atoms with van der Waals surface area (Å²) in [4.78, 5) is 12.5. The van der Waals surface area contributed by atoms with Crippen LogP contribution in [0.25, 0.3) is 0 Å². The molecule has 1 rings (SSSR count). The molecule has 1 N–H and O–H groups in total. The third kappa shape index (κ3) is 0.802. The predicted molar refractivity (Wildman–Crippen MR) is 28.4 cm³/mol. The highest BCUT2D eigenvalue weighted by Crippen LogP contribution is 1.55. The van der Waals surface area contributed by atoms with Gasteiger partial charge < -0.3 is 0 Å². The van der Waals surface area contributed by atoms with Crippen molar-refractivity contribution in [3.63, 3.8) is 0 Å². The van der Waals surface area contributed by atoms with Gasteiger partial charge in [0.1, 0.15) is 5.72 Å². The Morgan fingerprint density at radius 2 is 2.62 bits per heavy atom. The van der Waals surface area contributed by atoms with Crippen LogP contribution in [0.5, 0.6) is 0 Å². The first kappa shape index (κ1) is 5.15. The zero-order valence-corrected chi connectivity index (χ0v) is 4.34. The van der Waals surface area contributed by atoms with Crippen LogP contribution in [-0.4, -0.2) is 17.4 Å². The molecule has 1 heterocycles. The number of hydrogen-bond acceptors (Lipinski definition) is 3. The zero-order chi connectivity index (χ0) is 5.98. The summed E-state index contributed by atoms with van der Waals surface area (Å²) in [5.74, 6) is -0.516. The maximum Gasteiger partial charge on any atom is 0.438 e. The molecular weight excluding hydrogens is 107 g/mol. The van der Waals surface area contributed by atoms with Gasteiger partial charge in [0.05, 0.1) is 0 Å². The summed E-state index contributed by atoms with van der Waals surface area (Å²) >= 11 is 0. The van der Waals surface area contributed by atoms with Crippen LogP contribution in [0.1, 0.15) is 0 Å². The van der Waals surface area contributed by atoms with Crippen molar-refractivity contribution in [1.82, 2.24) is 10.1 Å². The van der Waals surface area contributed by atoms with Gasteiger partial charge in [-0.15, -0.1) is 0 Å². The highest BCUT2D eigenvalue weighted by molar-refractivity contribution is 6.49.